The third-order valence-corrected chi connectivity index (χ3v) is 9.49. The van der Waals surface area contributed by atoms with Crippen LogP contribution < -0.4 is 0 Å². The first-order valence-electron chi connectivity index (χ1n) is 11.4. The van der Waals surface area contributed by atoms with E-state index in [2.05, 4.69) is 26.8 Å². The molecule has 4 aliphatic rings. The fraction of sp³-hybridized carbons (Fsp3) is 0.875. The maximum absolute atomic E-state index is 11.3. The van der Waals surface area contributed by atoms with Gasteiger partial charge >= 0.3 is 5.97 Å². The lowest BCUT2D eigenvalue weighted by molar-refractivity contribution is -0.144. The summed E-state index contributed by atoms with van der Waals surface area (Å²) in [5, 5.41) is 21.2. The Hall–Kier alpha value is -0.870. The van der Waals surface area contributed by atoms with Crippen LogP contribution in [0.2, 0.25) is 0 Å². The molecule has 158 valence electrons. The van der Waals surface area contributed by atoms with Crippen molar-refractivity contribution in [2.75, 3.05) is 6.61 Å². The fourth-order valence-electron chi connectivity index (χ4n) is 8.04. The average Bonchev–Trinajstić information content (AvgIpc) is 2.98. The van der Waals surface area contributed by atoms with Crippen molar-refractivity contribution in [3.05, 3.63) is 11.6 Å². The van der Waals surface area contributed by atoms with Crippen molar-refractivity contribution >= 4 is 5.97 Å². The lowest BCUT2D eigenvalue weighted by atomic mass is 9.46. The minimum atomic E-state index is -0.431. The van der Waals surface area contributed by atoms with Crippen LogP contribution in [0.5, 0.6) is 0 Å². The number of hydrogen-bond donors (Lipinski definition) is 2. The first kappa shape index (κ1) is 20.4. The lowest BCUT2D eigenvalue weighted by Crippen LogP contribution is -2.55. The van der Waals surface area contributed by atoms with Gasteiger partial charge in [0.15, 0.2) is 0 Å². The topological polar surface area (TPSA) is 66.8 Å². The Morgan fingerprint density at radius 2 is 2.00 bits per heavy atom. The molecule has 0 saturated heterocycles. The van der Waals surface area contributed by atoms with Gasteiger partial charge in [-0.05, 0) is 73.5 Å². The number of fused-ring (bicyclic) bond motifs is 5. The summed E-state index contributed by atoms with van der Waals surface area (Å²) in [6.45, 7) is 9.04. The quantitative estimate of drug-likeness (QED) is 0.562. The molecule has 0 heterocycles. The van der Waals surface area contributed by atoms with Crippen molar-refractivity contribution < 1.29 is 19.7 Å². The molecule has 3 fully saturated rings. The van der Waals surface area contributed by atoms with Crippen LogP contribution in [-0.4, -0.2) is 35.0 Å². The number of ether oxygens (including phenoxy) is 1. The van der Waals surface area contributed by atoms with Gasteiger partial charge in [0.1, 0.15) is 0 Å². The third-order valence-electron chi connectivity index (χ3n) is 9.49. The van der Waals surface area contributed by atoms with Crippen molar-refractivity contribution in [2.24, 2.45) is 40.4 Å². The Kier molecular flexibility index (Phi) is 5.19. The molecule has 0 aromatic carbocycles. The number of carbonyl (C=O) groups is 1. The van der Waals surface area contributed by atoms with Gasteiger partial charge in [0.05, 0.1) is 18.8 Å². The normalized spacial score (nSPS) is 48.7. The van der Waals surface area contributed by atoms with Gasteiger partial charge in [0, 0.05) is 18.8 Å². The van der Waals surface area contributed by atoms with Crippen LogP contribution in [-0.2, 0) is 9.53 Å². The highest BCUT2D eigenvalue weighted by Crippen LogP contribution is 2.67. The van der Waals surface area contributed by atoms with Crippen LogP contribution in [0.25, 0.3) is 0 Å². The maximum Gasteiger partial charge on any atom is 0.302 e. The second-order valence-corrected chi connectivity index (χ2v) is 10.7. The summed E-state index contributed by atoms with van der Waals surface area (Å²) in [6.07, 6.45) is 8.74. The van der Waals surface area contributed by atoms with E-state index in [0.29, 0.717) is 48.0 Å². The highest BCUT2D eigenvalue weighted by Gasteiger charge is 2.60. The molecule has 2 N–H and O–H groups in total. The minimum Gasteiger partial charge on any atom is -0.466 e. The van der Waals surface area contributed by atoms with Gasteiger partial charge in [-0.15, -0.1) is 0 Å². The molecule has 0 radical (unpaired) electrons. The second kappa shape index (κ2) is 7.12. The monoisotopic (exact) mass is 390 g/mol. The van der Waals surface area contributed by atoms with Gasteiger partial charge < -0.3 is 14.9 Å². The summed E-state index contributed by atoms with van der Waals surface area (Å²) in [6, 6.07) is 0. The second-order valence-electron chi connectivity index (χ2n) is 10.7. The van der Waals surface area contributed by atoms with Crippen LogP contribution in [0.3, 0.4) is 0 Å². The number of rotatable bonds is 3. The summed E-state index contributed by atoms with van der Waals surface area (Å²) < 4.78 is 5.35. The van der Waals surface area contributed by atoms with Crippen LogP contribution >= 0.6 is 0 Å². The van der Waals surface area contributed by atoms with Crippen molar-refractivity contribution in [2.45, 2.75) is 84.8 Å². The van der Waals surface area contributed by atoms with Gasteiger partial charge in [-0.25, -0.2) is 0 Å². The zero-order valence-electron chi connectivity index (χ0n) is 18.0. The number of carbonyl (C=O) groups excluding carboxylic acids is 1. The van der Waals surface area contributed by atoms with E-state index >= 15 is 0 Å². The molecule has 0 bridgehead atoms. The van der Waals surface area contributed by atoms with Crippen molar-refractivity contribution in [1.29, 1.82) is 0 Å². The van der Waals surface area contributed by atoms with Gasteiger partial charge in [0.2, 0.25) is 0 Å². The fourth-order valence-corrected chi connectivity index (χ4v) is 8.04. The molecule has 0 aromatic heterocycles. The van der Waals surface area contributed by atoms with E-state index in [1.54, 1.807) is 0 Å². The summed E-state index contributed by atoms with van der Waals surface area (Å²) in [4.78, 5) is 11.3. The molecular formula is C24H38O4. The number of allylic oxidation sites excluding steroid dienone is 1. The van der Waals surface area contributed by atoms with Gasteiger partial charge in [-0.3, -0.25) is 4.79 Å². The highest BCUT2D eigenvalue weighted by atomic mass is 16.5. The molecule has 9 atom stereocenters. The summed E-state index contributed by atoms with van der Waals surface area (Å²) in [5.74, 6) is 2.66. The van der Waals surface area contributed by atoms with Crippen LogP contribution in [0.1, 0.15) is 72.6 Å². The predicted molar refractivity (Wildman–Crippen MR) is 108 cm³/mol. The molecule has 0 aliphatic heterocycles. The molecule has 4 rings (SSSR count). The Morgan fingerprint density at radius 1 is 1.25 bits per heavy atom. The average molecular weight is 391 g/mol. The minimum absolute atomic E-state index is 0.162. The molecule has 28 heavy (non-hydrogen) atoms. The standard InChI is InChI=1S/C24H38O4/c1-14(13-28-15(2)25)19-7-8-20-18-6-5-16-11-17(26)12-22(27)24(16,4)21(18)9-10-23(19,20)3/h5,14,17-22,26-27H,6-13H2,1-4H3/t14-,17?,18+,19-,20+,21+,22?,23-,24+/m1/s1. The van der Waals surface area contributed by atoms with Crippen LogP contribution in [0.15, 0.2) is 11.6 Å². The van der Waals surface area contributed by atoms with Crippen molar-refractivity contribution in [3.63, 3.8) is 0 Å². The first-order chi connectivity index (χ1) is 13.2. The molecule has 0 aromatic rings. The number of esters is 1. The van der Waals surface area contributed by atoms with Crippen molar-refractivity contribution in [1.82, 2.24) is 0 Å². The molecule has 4 heteroatoms. The summed E-state index contributed by atoms with van der Waals surface area (Å²) >= 11 is 0. The number of aliphatic hydroxyl groups is 2. The predicted octanol–water partition coefficient (Wildman–Crippen LogP) is 4.10. The Labute approximate surface area is 169 Å². The number of hydrogen-bond acceptors (Lipinski definition) is 4. The van der Waals surface area contributed by atoms with E-state index in [0.717, 1.165) is 19.3 Å². The molecular weight excluding hydrogens is 352 g/mol. The van der Waals surface area contributed by atoms with Crippen LogP contribution in [0, 0.1) is 40.4 Å². The maximum atomic E-state index is 11.3. The van der Waals surface area contributed by atoms with E-state index in [4.69, 9.17) is 4.74 Å². The van der Waals surface area contributed by atoms with Crippen LogP contribution in [0.4, 0.5) is 0 Å². The smallest absolute Gasteiger partial charge is 0.302 e. The SMILES string of the molecule is CC(=O)OC[C@@H](C)[C@H]1CC[C@H]2[C@@H]3CC=C4CC(O)CC(O)[C@]4(C)[C@H]3CC[C@]12C. The third kappa shape index (κ3) is 2.98. The molecule has 0 amide bonds. The highest BCUT2D eigenvalue weighted by molar-refractivity contribution is 5.65. The zero-order valence-corrected chi connectivity index (χ0v) is 18.0. The largest absolute Gasteiger partial charge is 0.466 e. The number of aliphatic hydroxyl groups excluding tert-OH is 2. The first-order valence-corrected chi connectivity index (χ1v) is 11.4. The summed E-state index contributed by atoms with van der Waals surface area (Å²) in [5.41, 5.74) is 1.45. The van der Waals surface area contributed by atoms with Gasteiger partial charge in [-0.2, -0.15) is 0 Å². The van der Waals surface area contributed by atoms with Gasteiger partial charge in [0.25, 0.3) is 0 Å². The Bertz CT molecular complexity index is 657. The summed E-state index contributed by atoms with van der Waals surface area (Å²) in [7, 11) is 0. The molecule has 4 nitrogen and oxygen atoms in total. The zero-order chi connectivity index (χ0) is 20.3. The Balaban J connectivity index is 1.57. The Morgan fingerprint density at radius 3 is 2.71 bits per heavy atom. The van der Waals surface area contributed by atoms with E-state index in [9.17, 15) is 15.0 Å². The molecule has 4 aliphatic carbocycles. The van der Waals surface area contributed by atoms with E-state index in [1.807, 2.05) is 0 Å². The lowest BCUT2D eigenvalue weighted by Gasteiger charge is -2.59. The molecule has 3 saturated carbocycles. The van der Waals surface area contributed by atoms with E-state index in [-0.39, 0.29) is 11.4 Å². The van der Waals surface area contributed by atoms with Crippen molar-refractivity contribution in [3.8, 4) is 0 Å². The molecule has 0 spiro atoms. The molecule has 2 unspecified atom stereocenters. The van der Waals surface area contributed by atoms with E-state index in [1.165, 1.54) is 31.8 Å². The van der Waals surface area contributed by atoms with E-state index < -0.39 is 12.2 Å². The van der Waals surface area contributed by atoms with Gasteiger partial charge in [-0.1, -0.05) is 32.4 Å².